The van der Waals surface area contributed by atoms with Gasteiger partial charge in [-0.2, -0.15) is 0 Å². The Hall–Kier alpha value is -1.32. The van der Waals surface area contributed by atoms with Crippen LogP contribution in [0.4, 0.5) is 5.69 Å². The Bertz CT molecular complexity index is 339. The Kier molecular flexibility index (Phi) is 11.3. The standard InChI is InChI=1S/C8H9NO3S.3H2O/c1-6(10)9-7-2-4-8(5-3-7)13(11)12;;;/h2-5H,1H3,(H,9,10)(H,11,12);3*1H2. The largest absolute Gasteiger partial charge is 0.412 e. The molecule has 1 unspecified atom stereocenters. The van der Waals surface area contributed by atoms with Crippen molar-refractivity contribution < 1.29 is 30.0 Å². The SMILES string of the molecule is CC(=O)Nc1ccc(S(=O)O)cc1.O.O.O. The van der Waals surface area contributed by atoms with Gasteiger partial charge >= 0.3 is 0 Å². The van der Waals surface area contributed by atoms with E-state index in [2.05, 4.69) is 5.32 Å². The molecule has 0 aliphatic rings. The lowest BCUT2D eigenvalue weighted by Gasteiger charge is -2.01. The van der Waals surface area contributed by atoms with Crippen LogP contribution in [0.5, 0.6) is 0 Å². The highest BCUT2D eigenvalue weighted by atomic mass is 32.2. The summed E-state index contributed by atoms with van der Waals surface area (Å²) in [4.78, 5) is 10.9. The van der Waals surface area contributed by atoms with Crippen molar-refractivity contribution in [2.24, 2.45) is 0 Å². The summed E-state index contributed by atoms with van der Waals surface area (Å²) in [6.07, 6.45) is 0. The number of carbonyl (C=O) groups is 1. The van der Waals surface area contributed by atoms with Gasteiger partial charge in [0.25, 0.3) is 0 Å². The van der Waals surface area contributed by atoms with E-state index in [-0.39, 0.29) is 22.3 Å². The molecule has 0 spiro atoms. The molecule has 8 heteroatoms. The molecule has 1 atom stereocenters. The molecule has 0 aliphatic heterocycles. The van der Waals surface area contributed by atoms with Crippen molar-refractivity contribution in [2.75, 3.05) is 5.32 Å². The van der Waals surface area contributed by atoms with Gasteiger partial charge in [0.1, 0.15) is 0 Å². The van der Waals surface area contributed by atoms with Crippen molar-refractivity contribution in [1.29, 1.82) is 0 Å². The highest BCUT2D eigenvalue weighted by molar-refractivity contribution is 7.79. The van der Waals surface area contributed by atoms with E-state index in [1.54, 1.807) is 12.1 Å². The summed E-state index contributed by atoms with van der Waals surface area (Å²) in [7, 11) is 0. The predicted molar refractivity (Wildman–Crippen MR) is 60.6 cm³/mol. The monoisotopic (exact) mass is 253 g/mol. The maximum atomic E-state index is 10.6. The van der Waals surface area contributed by atoms with Crippen LogP contribution in [-0.4, -0.2) is 31.1 Å². The molecular formula is C8H15NO6S. The molecule has 0 saturated heterocycles. The smallest absolute Gasteiger partial charge is 0.221 e. The summed E-state index contributed by atoms with van der Waals surface area (Å²) in [5.74, 6) is -0.169. The van der Waals surface area contributed by atoms with Gasteiger partial charge in [-0.15, -0.1) is 0 Å². The third-order valence-corrected chi connectivity index (χ3v) is 2.05. The average Bonchev–Trinajstić information content (AvgIpc) is 2.04. The summed E-state index contributed by atoms with van der Waals surface area (Å²) in [5.41, 5.74) is 0.613. The molecule has 1 rings (SSSR count). The van der Waals surface area contributed by atoms with E-state index in [1.165, 1.54) is 19.1 Å². The molecular weight excluding hydrogens is 238 g/mol. The Morgan fingerprint density at radius 3 is 1.94 bits per heavy atom. The van der Waals surface area contributed by atoms with Crippen LogP contribution in [-0.2, 0) is 15.9 Å². The second-order valence-corrected chi connectivity index (χ2v) is 3.42. The van der Waals surface area contributed by atoms with E-state index in [0.717, 1.165) is 0 Å². The zero-order valence-corrected chi connectivity index (χ0v) is 9.30. The third kappa shape index (κ3) is 6.22. The quantitative estimate of drug-likeness (QED) is 0.631. The molecule has 1 aromatic carbocycles. The van der Waals surface area contributed by atoms with Crippen LogP contribution in [0.3, 0.4) is 0 Å². The maximum absolute atomic E-state index is 10.6. The van der Waals surface area contributed by atoms with Crippen LogP contribution >= 0.6 is 0 Å². The Morgan fingerprint density at radius 2 is 1.62 bits per heavy atom. The number of anilines is 1. The van der Waals surface area contributed by atoms with Gasteiger partial charge in [0.2, 0.25) is 5.91 Å². The fourth-order valence-electron chi connectivity index (χ4n) is 0.858. The van der Waals surface area contributed by atoms with Crippen molar-refractivity contribution in [2.45, 2.75) is 11.8 Å². The molecule has 1 aromatic rings. The van der Waals surface area contributed by atoms with Gasteiger partial charge in [-0.1, -0.05) is 0 Å². The molecule has 8 N–H and O–H groups in total. The lowest BCUT2D eigenvalue weighted by molar-refractivity contribution is -0.114. The van der Waals surface area contributed by atoms with E-state index in [9.17, 15) is 9.00 Å². The van der Waals surface area contributed by atoms with Gasteiger partial charge in [0.15, 0.2) is 11.1 Å². The summed E-state index contributed by atoms with van der Waals surface area (Å²) in [6.45, 7) is 1.40. The van der Waals surface area contributed by atoms with Crippen molar-refractivity contribution in [1.82, 2.24) is 0 Å². The molecule has 0 fully saturated rings. The fraction of sp³-hybridized carbons (Fsp3) is 0.125. The van der Waals surface area contributed by atoms with Crippen molar-refractivity contribution in [3.63, 3.8) is 0 Å². The Labute approximate surface area is 94.7 Å². The topological polar surface area (TPSA) is 161 Å². The second kappa shape index (κ2) is 8.95. The van der Waals surface area contributed by atoms with E-state index in [0.29, 0.717) is 10.6 Å². The predicted octanol–water partition coefficient (Wildman–Crippen LogP) is -1.25. The van der Waals surface area contributed by atoms with E-state index >= 15 is 0 Å². The number of carbonyl (C=O) groups excluding carboxylic acids is 1. The molecule has 0 bridgehead atoms. The molecule has 16 heavy (non-hydrogen) atoms. The fourth-order valence-corrected chi connectivity index (χ4v) is 1.23. The van der Waals surface area contributed by atoms with E-state index in [1.807, 2.05) is 0 Å². The second-order valence-electron chi connectivity index (χ2n) is 2.45. The number of rotatable bonds is 2. The first-order valence-corrected chi connectivity index (χ1v) is 4.69. The zero-order valence-electron chi connectivity index (χ0n) is 8.48. The highest BCUT2D eigenvalue weighted by Crippen LogP contribution is 2.11. The maximum Gasteiger partial charge on any atom is 0.221 e. The Balaban J connectivity index is -0.000000563. The van der Waals surface area contributed by atoms with Crippen LogP contribution in [0.25, 0.3) is 0 Å². The minimum atomic E-state index is -1.96. The van der Waals surface area contributed by atoms with Gasteiger partial charge in [0, 0.05) is 12.6 Å². The first kappa shape index (κ1) is 20.1. The summed E-state index contributed by atoms with van der Waals surface area (Å²) in [6, 6.07) is 6.12. The van der Waals surface area contributed by atoms with Gasteiger partial charge in [0.05, 0.1) is 4.90 Å². The molecule has 7 nitrogen and oxygen atoms in total. The number of nitrogens with one attached hydrogen (secondary N) is 1. The van der Waals surface area contributed by atoms with Crippen molar-refractivity contribution in [3.8, 4) is 0 Å². The minimum Gasteiger partial charge on any atom is -0.412 e. The molecule has 1 amide bonds. The summed E-state index contributed by atoms with van der Waals surface area (Å²) >= 11 is -1.96. The first-order valence-electron chi connectivity index (χ1n) is 3.58. The lowest BCUT2D eigenvalue weighted by atomic mass is 10.3. The Morgan fingerprint density at radius 1 is 1.19 bits per heavy atom. The van der Waals surface area contributed by atoms with Gasteiger partial charge in [-0.3, -0.25) is 4.79 Å². The van der Waals surface area contributed by atoms with Crippen LogP contribution in [0, 0.1) is 0 Å². The first-order chi connectivity index (χ1) is 6.09. The van der Waals surface area contributed by atoms with E-state index in [4.69, 9.17) is 4.55 Å². The number of amides is 1. The zero-order chi connectivity index (χ0) is 9.84. The van der Waals surface area contributed by atoms with Crippen LogP contribution in [0.15, 0.2) is 29.2 Å². The van der Waals surface area contributed by atoms with Gasteiger partial charge < -0.3 is 26.3 Å². The average molecular weight is 253 g/mol. The van der Waals surface area contributed by atoms with Crippen LogP contribution < -0.4 is 5.32 Å². The molecule has 0 aromatic heterocycles. The third-order valence-electron chi connectivity index (χ3n) is 1.38. The molecule has 0 saturated carbocycles. The van der Waals surface area contributed by atoms with Crippen LogP contribution in [0.1, 0.15) is 6.92 Å². The highest BCUT2D eigenvalue weighted by Gasteiger charge is 1.99. The van der Waals surface area contributed by atoms with Gasteiger partial charge in [-0.25, -0.2) is 4.21 Å². The molecule has 0 aliphatic carbocycles. The molecule has 0 radical (unpaired) electrons. The number of hydrogen-bond donors (Lipinski definition) is 2. The normalized spacial score (nSPS) is 9.88. The lowest BCUT2D eigenvalue weighted by Crippen LogP contribution is -2.05. The van der Waals surface area contributed by atoms with Gasteiger partial charge in [-0.05, 0) is 24.3 Å². The van der Waals surface area contributed by atoms with Crippen LogP contribution in [0.2, 0.25) is 0 Å². The minimum absolute atomic E-state index is 0. The summed E-state index contributed by atoms with van der Waals surface area (Å²) in [5, 5.41) is 2.55. The number of benzene rings is 1. The van der Waals surface area contributed by atoms with E-state index < -0.39 is 11.1 Å². The number of hydrogen-bond acceptors (Lipinski definition) is 2. The van der Waals surface area contributed by atoms with Crippen molar-refractivity contribution in [3.05, 3.63) is 24.3 Å². The van der Waals surface area contributed by atoms with Crippen molar-refractivity contribution >= 4 is 22.7 Å². The molecule has 0 heterocycles. The summed E-state index contributed by atoms with van der Waals surface area (Å²) < 4.78 is 19.2. The molecule has 94 valence electrons.